The number of ether oxygens (including phenoxy) is 1. The second-order valence-electron chi connectivity index (χ2n) is 5.51. The summed E-state index contributed by atoms with van der Waals surface area (Å²) >= 11 is 5.09. The topological polar surface area (TPSA) is 52.3 Å². The molecule has 2 aromatic rings. The van der Waals surface area contributed by atoms with Crippen LogP contribution >= 0.6 is 27.9 Å². The molecule has 120 valence electrons. The second-order valence-corrected chi connectivity index (χ2v) is 7.52. The van der Waals surface area contributed by atoms with Crippen molar-refractivity contribution in [3.8, 4) is 5.75 Å². The number of nitrogens with zero attached hydrogens (tertiary/aromatic N) is 4. The minimum Gasteiger partial charge on any atom is -0.493 e. The van der Waals surface area contributed by atoms with Crippen LogP contribution in [0.1, 0.15) is 17.8 Å². The van der Waals surface area contributed by atoms with Gasteiger partial charge in [0.1, 0.15) is 5.75 Å². The van der Waals surface area contributed by atoms with E-state index in [4.69, 9.17) is 4.74 Å². The third-order valence-electron chi connectivity index (χ3n) is 3.98. The van der Waals surface area contributed by atoms with Crippen molar-refractivity contribution >= 4 is 33.5 Å². The van der Waals surface area contributed by atoms with Gasteiger partial charge in [0.05, 0.1) is 13.2 Å². The second kappa shape index (κ2) is 5.45. The van der Waals surface area contributed by atoms with Crippen molar-refractivity contribution < 1.29 is 4.74 Å². The number of aryl methyl sites for hydroxylation is 2. The molecule has 2 aliphatic rings. The number of hydrogen-bond acceptors (Lipinski definition) is 5. The van der Waals surface area contributed by atoms with Crippen molar-refractivity contribution in [2.45, 2.75) is 13.3 Å². The molecule has 0 N–H and O–H groups in total. The van der Waals surface area contributed by atoms with Gasteiger partial charge in [0.25, 0.3) is 0 Å². The van der Waals surface area contributed by atoms with Gasteiger partial charge in [0.15, 0.2) is 5.82 Å². The van der Waals surface area contributed by atoms with Gasteiger partial charge in [-0.3, -0.25) is 0 Å². The van der Waals surface area contributed by atoms with Crippen LogP contribution in [0.2, 0.25) is 0 Å². The zero-order valence-corrected chi connectivity index (χ0v) is 15.1. The first-order chi connectivity index (χ1) is 11.0. The Hall–Kier alpha value is -1.67. The molecule has 1 aromatic carbocycles. The van der Waals surface area contributed by atoms with Crippen molar-refractivity contribution in [1.29, 1.82) is 0 Å². The molecule has 1 aromatic heterocycles. The summed E-state index contributed by atoms with van der Waals surface area (Å²) in [5.74, 6) is 1.58. The normalized spacial score (nSPS) is 16.9. The summed E-state index contributed by atoms with van der Waals surface area (Å²) in [6.07, 6.45) is 0.844. The summed E-state index contributed by atoms with van der Waals surface area (Å²) in [6, 6.07) is 6.09. The van der Waals surface area contributed by atoms with E-state index in [-0.39, 0.29) is 5.69 Å². The summed E-state index contributed by atoms with van der Waals surface area (Å²) < 4.78 is 11.9. The zero-order valence-electron chi connectivity index (χ0n) is 12.7. The van der Waals surface area contributed by atoms with E-state index >= 15 is 0 Å². The lowest BCUT2D eigenvalue weighted by molar-refractivity contribution is 0.325. The molecule has 8 heteroatoms. The molecule has 0 atom stereocenters. The maximum absolute atomic E-state index is 12.3. The first-order valence-corrected chi connectivity index (χ1v) is 8.84. The number of halogens is 1. The van der Waals surface area contributed by atoms with Gasteiger partial charge in [-0.25, -0.2) is 13.9 Å². The van der Waals surface area contributed by atoms with Gasteiger partial charge >= 0.3 is 5.69 Å². The Morgan fingerprint density at radius 2 is 2.22 bits per heavy atom. The molecule has 0 bridgehead atoms. The van der Waals surface area contributed by atoms with Crippen molar-refractivity contribution in [3.05, 3.63) is 49.4 Å². The first-order valence-electron chi connectivity index (χ1n) is 7.28. The Morgan fingerprint density at radius 1 is 1.39 bits per heavy atom. The van der Waals surface area contributed by atoms with Gasteiger partial charge < -0.3 is 4.74 Å². The third-order valence-corrected chi connectivity index (χ3v) is 5.65. The van der Waals surface area contributed by atoms with Gasteiger partial charge in [-0.2, -0.15) is 9.77 Å². The SMILES string of the molecule is Cc1nn(C)c(=O)n1N1CC2=C(CCOc3cc(Br)ccc32)S1. The van der Waals surface area contributed by atoms with E-state index in [1.807, 2.05) is 23.5 Å². The van der Waals surface area contributed by atoms with Crippen LogP contribution in [0.25, 0.3) is 5.57 Å². The zero-order chi connectivity index (χ0) is 16.1. The number of rotatable bonds is 1. The van der Waals surface area contributed by atoms with Gasteiger partial charge in [-0.05, 0) is 30.7 Å². The summed E-state index contributed by atoms with van der Waals surface area (Å²) in [4.78, 5) is 13.6. The Kier molecular flexibility index (Phi) is 3.53. The van der Waals surface area contributed by atoms with Crippen LogP contribution < -0.4 is 14.8 Å². The standard InChI is InChI=1S/C15H15BrN4O2S/c1-9-17-18(2)15(21)20(9)19-8-12-11-4-3-10(16)7-13(11)22-6-5-14(12)23-19/h3-4,7H,5-6,8H2,1-2H3. The highest BCUT2D eigenvalue weighted by atomic mass is 79.9. The third kappa shape index (κ3) is 2.40. The Balaban J connectivity index is 1.74. The number of benzene rings is 1. The molecule has 4 rings (SSSR count). The van der Waals surface area contributed by atoms with Gasteiger partial charge in [0.2, 0.25) is 0 Å². The highest BCUT2D eigenvalue weighted by Crippen LogP contribution is 2.44. The van der Waals surface area contributed by atoms with Gasteiger partial charge in [-0.1, -0.05) is 15.9 Å². The molecular formula is C15H15BrN4O2S. The molecule has 2 aliphatic heterocycles. The maximum Gasteiger partial charge on any atom is 0.365 e. The molecule has 0 aliphatic carbocycles. The molecule has 3 heterocycles. The molecule has 0 saturated heterocycles. The monoisotopic (exact) mass is 394 g/mol. The molecule has 0 saturated carbocycles. The van der Waals surface area contributed by atoms with Crippen LogP contribution in [-0.2, 0) is 7.05 Å². The van der Waals surface area contributed by atoms with Crippen LogP contribution in [0.3, 0.4) is 0 Å². The summed E-state index contributed by atoms with van der Waals surface area (Å²) in [7, 11) is 1.67. The van der Waals surface area contributed by atoms with E-state index in [0.717, 1.165) is 22.2 Å². The first kappa shape index (κ1) is 14.9. The van der Waals surface area contributed by atoms with Crippen LogP contribution in [0.15, 0.2) is 32.4 Å². The molecule has 0 amide bonds. The van der Waals surface area contributed by atoms with Crippen molar-refractivity contribution in [2.24, 2.45) is 7.05 Å². The smallest absolute Gasteiger partial charge is 0.365 e. The maximum atomic E-state index is 12.3. The summed E-state index contributed by atoms with van der Waals surface area (Å²) in [5, 5.41) is 4.21. The fourth-order valence-electron chi connectivity index (χ4n) is 2.93. The Labute approximate surface area is 146 Å². The Morgan fingerprint density at radius 3 is 2.96 bits per heavy atom. The predicted octanol–water partition coefficient (Wildman–Crippen LogP) is 2.45. The van der Waals surface area contributed by atoms with Gasteiger partial charge in [0, 0.05) is 40.4 Å². The Bertz CT molecular complexity index is 886. The average molecular weight is 395 g/mol. The van der Waals surface area contributed by atoms with Crippen LogP contribution in [0.5, 0.6) is 5.75 Å². The quantitative estimate of drug-likeness (QED) is 0.695. The van der Waals surface area contributed by atoms with Crippen molar-refractivity contribution in [3.63, 3.8) is 0 Å². The van der Waals surface area contributed by atoms with E-state index < -0.39 is 0 Å². The fraction of sp³-hybridized carbons (Fsp3) is 0.333. The molecule has 0 spiro atoms. The number of fused-ring (bicyclic) bond motifs is 2. The average Bonchev–Trinajstić information content (AvgIpc) is 2.95. The molecule has 0 radical (unpaired) electrons. The lowest BCUT2D eigenvalue weighted by Crippen LogP contribution is -2.37. The number of hydrogen-bond donors (Lipinski definition) is 0. The number of aromatic nitrogens is 3. The minimum absolute atomic E-state index is 0.125. The van der Waals surface area contributed by atoms with E-state index in [9.17, 15) is 4.79 Å². The van der Waals surface area contributed by atoms with E-state index in [2.05, 4.69) is 27.1 Å². The minimum atomic E-state index is -0.125. The van der Waals surface area contributed by atoms with Crippen LogP contribution in [0.4, 0.5) is 0 Å². The van der Waals surface area contributed by atoms with Crippen LogP contribution in [0, 0.1) is 6.92 Å². The largest absolute Gasteiger partial charge is 0.493 e. The lowest BCUT2D eigenvalue weighted by Gasteiger charge is -2.19. The van der Waals surface area contributed by atoms with E-state index in [1.54, 1.807) is 23.7 Å². The van der Waals surface area contributed by atoms with E-state index in [0.29, 0.717) is 19.0 Å². The summed E-state index contributed by atoms with van der Waals surface area (Å²) in [6.45, 7) is 3.15. The van der Waals surface area contributed by atoms with Gasteiger partial charge in [-0.15, -0.1) is 0 Å². The molecule has 0 fully saturated rings. The molecule has 6 nitrogen and oxygen atoms in total. The van der Waals surface area contributed by atoms with Crippen LogP contribution in [-0.4, -0.2) is 27.6 Å². The van der Waals surface area contributed by atoms with E-state index in [1.165, 1.54) is 15.2 Å². The summed E-state index contributed by atoms with van der Waals surface area (Å²) in [5.41, 5.74) is 2.20. The fourth-order valence-corrected chi connectivity index (χ4v) is 4.45. The molecule has 23 heavy (non-hydrogen) atoms. The molecular weight excluding hydrogens is 380 g/mol. The highest BCUT2D eigenvalue weighted by molar-refractivity contribution is 9.10. The van der Waals surface area contributed by atoms with Crippen molar-refractivity contribution in [1.82, 2.24) is 14.5 Å². The molecule has 0 unspecified atom stereocenters. The predicted molar refractivity (Wildman–Crippen MR) is 94.1 cm³/mol. The lowest BCUT2D eigenvalue weighted by atomic mass is 10.0. The highest BCUT2D eigenvalue weighted by Gasteiger charge is 2.30. The van der Waals surface area contributed by atoms with Crippen molar-refractivity contribution in [2.75, 3.05) is 17.6 Å².